The van der Waals surface area contributed by atoms with Crippen LogP contribution in [-0.4, -0.2) is 18.6 Å². The Morgan fingerprint density at radius 1 is 1.32 bits per heavy atom. The van der Waals surface area contributed by atoms with Crippen molar-refractivity contribution in [2.45, 2.75) is 37.3 Å². The average molecular weight is 299 g/mol. The summed E-state index contributed by atoms with van der Waals surface area (Å²) in [4.78, 5) is 0.956. The van der Waals surface area contributed by atoms with Crippen LogP contribution in [0.4, 0.5) is 5.82 Å². The molecule has 2 rings (SSSR count). The van der Waals surface area contributed by atoms with Crippen molar-refractivity contribution in [3.05, 3.63) is 28.8 Å². The molecule has 2 N–H and O–H groups in total. The average Bonchev–Trinajstić information content (AvgIpc) is 2.85. The van der Waals surface area contributed by atoms with Gasteiger partial charge in [-0.15, -0.1) is 11.3 Å². The van der Waals surface area contributed by atoms with E-state index in [9.17, 15) is 8.42 Å². The van der Waals surface area contributed by atoms with E-state index in [0.717, 1.165) is 10.6 Å². The van der Waals surface area contributed by atoms with Crippen LogP contribution in [0.25, 0.3) is 0 Å². The van der Waals surface area contributed by atoms with Gasteiger partial charge in [0.05, 0.1) is 0 Å². The summed E-state index contributed by atoms with van der Waals surface area (Å²) in [6, 6.07) is 5.10. The summed E-state index contributed by atoms with van der Waals surface area (Å²) in [6.45, 7) is 7.96. The summed E-state index contributed by atoms with van der Waals surface area (Å²) in [5, 5.41) is 6.84. The summed E-state index contributed by atoms with van der Waals surface area (Å²) in [5.74, 6) is 0.316. The van der Waals surface area contributed by atoms with Gasteiger partial charge in [-0.05, 0) is 19.1 Å². The minimum atomic E-state index is -3.54. The van der Waals surface area contributed by atoms with Crippen molar-refractivity contribution >= 4 is 27.2 Å². The molecule has 0 aliphatic heterocycles. The molecule has 0 saturated heterocycles. The predicted octanol–water partition coefficient (Wildman–Crippen LogP) is 2.88. The molecular formula is C12H17N3O2S2. The third-order valence-corrected chi connectivity index (χ3v) is 5.45. The lowest BCUT2D eigenvalue weighted by Crippen LogP contribution is -2.12. The third-order valence-electron chi connectivity index (χ3n) is 2.61. The molecule has 19 heavy (non-hydrogen) atoms. The first-order chi connectivity index (χ1) is 8.68. The molecule has 5 nitrogen and oxygen atoms in total. The first kappa shape index (κ1) is 14.1. The Hall–Kier alpha value is -1.34. The Morgan fingerprint density at radius 2 is 2.00 bits per heavy atom. The molecule has 0 spiro atoms. The van der Waals surface area contributed by atoms with E-state index in [2.05, 4.69) is 14.9 Å². The molecular weight excluding hydrogens is 282 g/mol. The van der Waals surface area contributed by atoms with Crippen molar-refractivity contribution < 1.29 is 8.42 Å². The molecule has 0 aliphatic carbocycles. The van der Waals surface area contributed by atoms with Crippen LogP contribution < -0.4 is 4.72 Å². The number of rotatable bonds is 3. The molecule has 7 heteroatoms. The smallest absolute Gasteiger partial charge is 0.272 e. The number of hydrogen-bond acceptors (Lipinski definition) is 4. The van der Waals surface area contributed by atoms with E-state index in [0.29, 0.717) is 10.0 Å². The van der Waals surface area contributed by atoms with E-state index < -0.39 is 10.0 Å². The molecule has 0 aliphatic rings. The van der Waals surface area contributed by atoms with Gasteiger partial charge >= 0.3 is 0 Å². The quantitative estimate of drug-likeness (QED) is 0.915. The van der Waals surface area contributed by atoms with E-state index in [4.69, 9.17) is 0 Å². The number of nitrogens with zero attached hydrogens (tertiary/aromatic N) is 1. The van der Waals surface area contributed by atoms with E-state index >= 15 is 0 Å². The Labute approximate surface area is 117 Å². The largest absolute Gasteiger partial charge is 0.280 e. The van der Waals surface area contributed by atoms with Gasteiger partial charge in [-0.25, -0.2) is 8.42 Å². The van der Waals surface area contributed by atoms with Gasteiger partial charge in [-0.2, -0.15) is 5.10 Å². The Balaban J connectivity index is 2.24. The number of thiophene rings is 1. The summed E-state index contributed by atoms with van der Waals surface area (Å²) < 4.78 is 27.0. The zero-order valence-corrected chi connectivity index (χ0v) is 12.9. The molecule has 2 aromatic rings. The number of aromatic amines is 1. The van der Waals surface area contributed by atoms with Crippen LogP contribution in [0.1, 0.15) is 31.3 Å². The lowest BCUT2D eigenvalue weighted by molar-refractivity contribution is 0.567. The van der Waals surface area contributed by atoms with Crippen molar-refractivity contribution in [2.75, 3.05) is 4.72 Å². The van der Waals surface area contributed by atoms with Crippen LogP contribution in [0.2, 0.25) is 0 Å². The maximum Gasteiger partial charge on any atom is 0.272 e. The molecule has 0 aromatic carbocycles. The maximum absolute atomic E-state index is 12.1. The molecule has 0 radical (unpaired) electrons. The highest BCUT2D eigenvalue weighted by Gasteiger charge is 2.21. The maximum atomic E-state index is 12.1. The van der Waals surface area contributed by atoms with Crippen LogP contribution in [0.15, 0.2) is 22.4 Å². The van der Waals surface area contributed by atoms with Crippen LogP contribution in [0.3, 0.4) is 0 Å². The Bertz CT molecular complexity index is 678. The fourth-order valence-corrected chi connectivity index (χ4v) is 3.78. The van der Waals surface area contributed by atoms with Crippen LogP contribution >= 0.6 is 11.3 Å². The van der Waals surface area contributed by atoms with E-state index in [1.165, 1.54) is 11.3 Å². The summed E-state index contributed by atoms with van der Waals surface area (Å²) >= 11 is 1.24. The molecule has 2 heterocycles. The van der Waals surface area contributed by atoms with Crippen molar-refractivity contribution in [2.24, 2.45) is 0 Å². The highest BCUT2D eigenvalue weighted by molar-refractivity contribution is 7.94. The minimum absolute atomic E-state index is 0.101. The van der Waals surface area contributed by atoms with Crippen LogP contribution in [-0.2, 0) is 15.4 Å². The molecule has 104 valence electrons. The fourth-order valence-electron chi connectivity index (χ4n) is 1.50. The van der Waals surface area contributed by atoms with Crippen molar-refractivity contribution in [1.29, 1.82) is 0 Å². The lowest BCUT2D eigenvalue weighted by Gasteiger charge is -2.14. The number of aryl methyl sites for hydroxylation is 1. The standard InChI is InChI=1S/C12H17N3O2S2/c1-8-5-6-11(18-8)19(16,17)15-10-7-9(13-14-10)12(2,3)4/h5-7H,1-4H3,(H2,13,14,15). The monoisotopic (exact) mass is 299 g/mol. The van der Waals surface area contributed by atoms with Gasteiger partial charge in [-0.1, -0.05) is 20.8 Å². The van der Waals surface area contributed by atoms with Gasteiger partial charge in [0.15, 0.2) is 5.82 Å². The predicted molar refractivity (Wildman–Crippen MR) is 77.2 cm³/mol. The molecule has 0 unspecified atom stereocenters. The SMILES string of the molecule is Cc1ccc(S(=O)(=O)Nc2cc(C(C)(C)C)[nH]n2)s1. The number of aromatic nitrogens is 2. The summed E-state index contributed by atoms with van der Waals surface area (Å²) in [6.07, 6.45) is 0. The molecule has 0 bridgehead atoms. The van der Waals surface area contributed by atoms with Gasteiger partial charge in [0.25, 0.3) is 10.0 Å². The topological polar surface area (TPSA) is 74.8 Å². The second kappa shape index (κ2) is 4.64. The summed E-state index contributed by atoms with van der Waals surface area (Å²) in [7, 11) is -3.54. The van der Waals surface area contributed by atoms with Crippen LogP contribution in [0.5, 0.6) is 0 Å². The van der Waals surface area contributed by atoms with Gasteiger partial charge in [0.1, 0.15) is 4.21 Å². The van der Waals surface area contributed by atoms with E-state index in [-0.39, 0.29) is 5.41 Å². The number of hydrogen-bond donors (Lipinski definition) is 2. The normalized spacial score (nSPS) is 12.6. The van der Waals surface area contributed by atoms with Gasteiger partial charge in [0.2, 0.25) is 0 Å². The second-order valence-corrected chi connectivity index (χ2v) is 8.58. The zero-order valence-electron chi connectivity index (χ0n) is 11.3. The molecule has 0 amide bonds. The zero-order chi connectivity index (χ0) is 14.3. The second-order valence-electron chi connectivity index (χ2n) is 5.39. The lowest BCUT2D eigenvalue weighted by atomic mass is 9.92. The minimum Gasteiger partial charge on any atom is -0.280 e. The Kier molecular flexibility index (Phi) is 3.44. The van der Waals surface area contributed by atoms with E-state index in [1.54, 1.807) is 18.2 Å². The van der Waals surface area contributed by atoms with Crippen molar-refractivity contribution in [3.63, 3.8) is 0 Å². The summed E-state index contributed by atoms with van der Waals surface area (Å²) in [5.41, 5.74) is 0.781. The Morgan fingerprint density at radius 3 is 2.47 bits per heavy atom. The fraction of sp³-hybridized carbons (Fsp3) is 0.417. The first-order valence-corrected chi connectivity index (χ1v) is 8.13. The number of anilines is 1. The van der Waals surface area contributed by atoms with Gasteiger partial charge < -0.3 is 0 Å². The number of nitrogens with one attached hydrogen (secondary N) is 2. The number of sulfonamides is 1. The number of H-pyrrole nitrogens is 1. The molecule has 0 fully saturated rings. The van der Waals surface area contributed by atoms with Crippen molar-refractivity contribution in [3.8, 4) is 0 Å². The van der Waals surface area contributed by atoms with Crippen molar-refractivity contribution in [1.82, 2.24) is 10.2 Å². The molecule has 0 saturated carbocycles. The molecule has 0 atom stereocenters. The first-order valence-electron chi connectivity index (χ1n) is 5.84. The van der Waals surface area contributed by atoms with E-state index in [1.807, 2.05) is 27.7 Å². The molecule has 2 aromatic heterocycles. The third kappa shape index (κ3) is 3.16. The highest BCUT2D eigenvalue weighted by Crippen LogP contribution is 2.25. The van der Waals surface area contributed by atoms with Gasteiger partial charge in [0, 0.05) is 22.1 Å². The van der Waals surface area contributed by atoms with Crippen LogP contribution in [0, 0.1) is 6.92 Å². The van der Waals surface area contributed by atoms with Gasteiger partial charge in [-0.3, -0.25) is 9.82 Å². The highest BCUT2D eigenvalue weighted by atomic mass is 32.2.